The average Bonchev–Trinajstić information content (AvgIpc) is 2.87. The molecule has 0 radical (unpaired) electrons. The second-order valence-electron chi connectivity index (χ2n) is 6.15. The van der Waals surface area contributed by atoms with Crippen molar-refractivity contribution in [2.24, 2.45) is 11.8 Å². The molecule has 98 valence electrons. The molecule has 0 saturated carbocycles. The first kappa shape index (κ1) is 12.6. The molecular weight excluding hydrogens is 288 g/mol. The fourth-order valence-electron chi connectivity index (χ4n) is 3.60. The average molecular weight is 309 g/mol. The van der Waals surface area contributed by atoms with Gasteiger partial charge in [0.05, 0.1) is 0 Å². The van der Waals surface area contributed by atoms with Crippen LogP contribution >= 0.6 is 15.9 Å². The Morgan fingerprint density at radius 3 is 2.83 bits per heavy atom. The van der Waals surface area contributed by atoms with E-state index in [9.17, 15) is 0 Å². The van der Waals surface area contributed by atoms with Gasteiger partial charge in [0.15, 0.2) is 0 Å². The Labute approximate surface area is 118 Å². The highest BCUT2D eigenvalue weighted by atomic mass is 79.9. The number of hydrogen-bond acceptors (Lipinski definition) is 2. The number of benzene rings is 1. The molecule has 1 aromatic rings. The van der Waals surface area contributed by atoms with E-state index < -0.39 is 0 Å². The predicted octanol–water partition coefficient (Wildman–Crippen LogP) is 2.88. The van der Waals surface area contributed by atoms with Crippen LogP contribution in [0.25, 0.3) is 0 Å². The van der Waals surface area contributed by atoms with Crippen LogP contribution in [0.3, 0.4) is 0 Å². The molecule has 3 rings (SSSR count). The first-order valence-corrected chi connectivity index (χ1v) is 7.57. The van der Waals surface area contributed by atoms with E-state index in [0.29, 0.717) is 5.54 Å². The minimum Gasteiger partial charge on any atom is -0.316 e. The summed E-state index contributed by atoms with van der Waals surface area (Å²) in [6.45, 7) is 9.47. The molecular formula is C15H21BrN2. The molecule has 18 heavy (non-hydrogen) atoms. The van der Waals surface area contributed by atoms with E-state index in [1.54, 1.807) is 0 Å². The molecule has 0 aromatic heterocycles. The van der Waals surface area contributed by atoms with E-state index >= 15 is 0 Å². The predicted molar refractivity (Wildman–Crippen MR) is 78.5 cm³/mol. The van der Waals surface area contributed by atoms with Crippen LogP contribution in [0.15, 0.2) is 28.7 Å². The lowest BCUT2D eigenvalue weighted by atomic mass is 9.85. The van der Waals surface area contributed by atoms with E-state index in [1.165, 1.54) is 29.7 Å². The maximum atomic E-state index is 3.66. The molecule has 3 heteroatoms. The number of rotatable bonds is 2. The zero-order valence-electron chi connectivity index (χ0n) is 11.1. The van der Waals surface area contributed by atoms with Crippen molar-refractivity contribution in [3.8, 4) is 0 Å². The smallest absolute Gasteiger partial charge is 0.0250 e. The minimum atomic E-state index is 0.309. The maximum Gasteiger partial charge on any atom is 0.0250 e. The van der Waals surface area contributed by atoms with Crippen molar-refractivity contribution < 1.29 is 0 Å². The molecule has 0 bridgehead atoms. The molecule has 2 nitrogen and oxygen atoms in total. The van der Waals surface area contributed by atoms with Gasteiger partial charge in [-0.25, -0.2) is 0 Å². The monoisotopic (exact) mass is 308 g/mol. The van der Waals surface area contributed by atoms with Crippen LogP contribution in [0.1, 0.15) is 19.4 Å². The van der Waals surface area contributed by atoms with Crippen LogP contribution in [-0.4, -0.2) is 30.1 Å². The minimum absolute atomic E-state index is 0.309. The molecule has 1 aromatic carbocycles. The lowest BCUT2D eigenvalue weighted by molar-refractivity contribution is 0.132. The summed E-state index contributed by atoms with van der Waals surface area (Å²) in [5.41, 5.74) is 1.71. The number of nitrogens with zero attached hydrogens (tertiary/aromatic N) is 1. The number of hydrogen-bond donors (Lipinski definition) is 1. The number of fused-ring (bicyclic) bond motifs is 1. The lowest BCUT2D eigenvalue weighted by Gasteiger charge is -2.36. The Bertz CT molecular complexity index is 444. The summed E-state index contributed by atoms with van der Waals surface area (Å²) < 4.78 is 1.23. The molecule has 0 spiro atoms. The van der Waals surface area contributed by atoms with Crippen LogP contribution in [0.5, 0.6) is 0 Å². The second kappa shape index (κ2) is 4.62. The van der Waals surface area contributed by atoms with Crippen molar-refractivity contribution in [3.63, 3.8) is 0 Å². The quantitative estimate of drug-likeness (QED) is 0.904. The Morgan fingerprint density at radius 1 is 1.33 bits per heavy atom. The molecule has 2 unspecified atom stereocenters. The van der Waals surface area contributed by atoms with Crippen molar-refractivity contribution in [1.29, 1.82) is 0 Å². The van der Waals surface area contributed by atoms with Gasteiger partial charge in [0, 0.05) is 29.6 Å². The van der Waals surface area contributed by atoms with Gasteiger partial charge in [-0.1, -0.05) is 34.1 Å². The van der Waals surface area contributed by atoms with Gasteiger partial charge in [-0.2, -0.15) is 0 Å². The third kappa shape index (κ3) is 2.02. The number of likely N-dealkylation sites (tertiary alicyclic amines) is 1. The highest BCUT2D eigenvalue weighted by Gasteiger charge is 2.49. The van der Waals surface area contributed by atoms with Crippen LogP contribution in [0.2, 0.25) is 0 Å². The molecule has 2 heterocycles. The van der Waals surface area contributed by atoms with Crippen molar-refractivity contribution in [3.05, 3.63) is 34.3 Å². The summed E-state index contributed by atoms with van der Waals surface area (Å²) in [7, 11) is 0. The Balaban J connectivity index is 1.80. The van der Waals surface area contributed by atoms with Gasteiger partial charge in [-0.3, -0.25) is 4.90 Å². The second-order valence-corrected chi connectivity index (χ2v) is 7.00. The van der Waals surface area contributed by atoms with Crippen molar-refractivity contribution >= 4 is 15.9 Å². The Morgan fingerprint density at radius 2 is 2.11 bits per heavy atom. The molecule has 2 atom stereocenters. The largest absolute Gasteiger partial charge is 0.316 e. The molecule has 0 amide bonds. The van der Waals surface area contributed by atoms with Gasteiger partial charge in [-0.15, -0.1) is 0 Å². The van der Waals surface area contributed by atoms with Gasteiger partial charge < -0.3 is 5.32 Å². The van der Waals surface area contributed by atoms with Crippen LogP contribution in [-0.2, 0) is 6.54 Å². The molecule has 0 aliphatic carbocycles. The highest BCUT2D eigenvalue weighted by molar-refractivity contribution is 9.10. The summed E-state index contributed by atoms with van der Waals surface area (Å²) in [6.07, 6.45) is 0. The van der Waals surface area contributed by atoms with Gasteiger partial charge in [-0.05, 0) is 43.9 Å². The van der Waals surface area contributed by atoms with E-state index in [4.69, 9.17) is 0 Å². The van der Waals surface area contributed by atoms with Gasteiger partial charge >= 0.3 is 0 Å². The molecule has 1 N–H and O–H groups in total. The molecule has 2 fully saturated rings. The zero-order chi connectivity index (χ0) is 12.8. The van der Waals surface area contributed by atoms with Crippen molar-refractivity contribution in [2.75, 3.05) is 19.6 Å². The first-order chi connectivity index (χ1) is 8.59. The molecule has 2 aliphatic rings. The van der Waals surface area contributed by atoms with E-state index in [2.05, 4.69) is 64.3 Å². The summed E-state index contributed by atoms with van der Waals surface area (Å²) >= 11 is 3.66. The zero-order valence-corrected chi connectivity index (χ0v) is 12.7. The van der Waals surface area contributed by atoms with E-state index in [0.717, 1.165) is 18.4 Å². The van der Waals surface area contributed by atoms with Gasteiger partial charge in [0.1, 0.15) is 0 Å². The SMILES string of the molecule is CC1(C)C2CNCC2CN1Cc1ccccc1Br. The highest BCUT2D eigenvalue weighted by Crippen LogP contribution is 2.41. The molecule has 2 aliphatic heterocycles. The Kier molecular flexibility index (Phi) is 3.25. The third-order valence-electron chi connectivity index (χ3n) is 4.84. The van der Waals surface area contributed by atoms with Crippen LogP contribution in [0, 0.1) is 11.8 Å². The molecule has 2 saturated heterocycles. The van der Waals surface area contributed by atoms with Crippen molar-refractivity contribution in [1.82, 2.24) is 10.2 Å². The summed E-state index contributed by atoms with van der Waals surface area (Å²) in [6, 6.07) is 8.58. The summed E-state index contributed by atoms with van der Waals surface area (Å²) in [5.74, 6) is 1.64. The van der Waals surface area contributed by atoms with E-state index in [1.807, 2.05) is 0 Å². The van der Waals surface area contributed by atoms with Gasteiger partial charge in [0.2, 0.25) is 0 Å². The Hall–Kier alpha value is -0.380. The lowest BCUT2D eigenvalue weighted by Crippen LogP contribution is -2.43. The van der Waals surface area contributed by atoms with Gasteiger partial charge in [0.25, 0.3) is 0 Å². The normalized spacial score (nSPS) is 30.6. The topological polar surface area (TPSA) is 15.3 Å². The standard InChI is InChI=1S/C15H21BrN2/c1-15(2)13-8-17-7-12(13)10-18(15)9-11-5-3-4-6-14(11)16/h3-6,12-13,17H,7-10H2,1-2H3. The van der Waals surface area contributed by atoms with Crippen LogP contribution < -0.4 is 5.32 Å². The summed E-state index contributed by atoms with van der Waals surface area (Å²) in [5, 5.41) is 3.54. The first-order valence-electron chi connectivity index (χ1n) is 6.78. The van der Waals surface area contributed by atoms with Crippen molar-refractivity contribution in [2.45, 2.75) is 25.9 Å². The fourth-order valence-corrected chi connectivity index (χ4v) is 4.02. The van der Waals surface area contributed by atoms with Crippen LogP contribution in [0.4, 0.5) is 0 Å². The fraction of sp³-hybridized carbons (Fsp3) is 0.600. The number of nitrogens with one attached hydrogen (secondary N) is 1. The summed E-state index contributed by atoms with van der Waals surface area (Å²) in [4.78, 5) is 2.66. The maximum absolute atomic E-state index is 3.66. The third-order valence-corrected chi connectivity index (χ3v) is 5.61. The number of halogens is 1. The van der Waals surface area contributed by atoms with E-state index in [-0.39, 0.29) is 0 Å².